The summed E-state index contributed by atoms with van der Waals surface area (Å²) in [5.74, 6) is 1.53. The maximum Gasteiger partial charge on any atom is 0.263 e. The van der Waals surface area contributed by atoms with Gasteiger partial charge in [0.2, 0.25) is 11.7 Å². The van der Waals surface area contributed by atoms with Crippen molar-refractivity contribution in [3.8, 4) is 11.4 Å². The van der Waals surface area contributed by atoms with Gasteiger partial charge in [-0.25, -0.2) is 4.98 Å². The fourth-order valence-corrected chi connectivity index (χ4v) is 3.62. The highest BCUT2D eigenvalue weighted by Gasteiger charge is 2.36. The van der Waals surface area contributed by atoms with E-state index < -0.39 is 0 Å². The molecule has 1 saturated carbocycles. The fraction of sp³-hybridized carbons (Fsp3) is 0.350. The van der Waals surface area contributed by atoms with Crippen LogP contribution in [-0.4, -0.2) is 37.5 Å². The van der Waals surface area contributed by atoms with Gasteiger partial charge in [-0.1, -0.05) is 35.5 Å². The fourth-order valence-electron chi connectivity index (χ4n) is 3.62. The minimum Gasteiger partial charge on any atom is -0.337 e. The Kier molecular flexibility index (Phi) is 4.03. The van der Waals surface area contributed by atoms with Crippen molar-refractivity contribution in [2.24, 2.45) is 0 Å². The van der Waals surface area contributed by atoms with Crippen LogP contribution in [0.2, 0.25) is 0 Å². The highest BCUT2D eigenvalue weighted by Crippen LogP contribution is 2.37. The topological polar surface area (TPSA) is 105 Å². The maximum absolute atomic E-state index is 13.0. The van der Waals surface area contributed by atoms with Gasteiger partial charge in [0, 0.05) is 24.2 Å². The van der Waals surface area contributed by atoms with Gasteiger partial charge < -0.3 is 14.4 Å². The largest absolute Gasteiger partial charge is 0.337 e. The van der Waals surface area contributed by atoms with Crippen LogP contribution >= 0.6 is 0 Å². The lowest BCUT2D eigenvalue weighted by Crippen LogP contribution is -2.35. The lowest BCUT2D eigenvalue weighted by Gasteiger charge is -2.21. The molecule has 28 heavy (non-hydrogen) atoms. The zero-order valence-corrected chi connectivity index (χ0v) is 15.2. The number of hydrogen-bond acceptors (Lipinski definition) is 6. The lowest BCUT2D eigenvalue weighted by molar-refractivity contribution is 0.0707. The Bertz CT molecular complexity index is 1070. The quantitative estimate of drug-likeness (QED) is 0.749. The van der Waals surface area contributed by atoms with E-state index in [0.29, 0.717) is 36.4 Å². The summed E-state index contributed by atoms with van der Waals surface area (Å²) < 4.78 is 5.45. The van der Waals surface area contributed by atoms with Crippen molar-refractivity contribution in [1.29, 1.82) is 0 Å². The summed E-state index contributed by atoms with van der Waals surface area (Å²) in [4.78, 5) is 38.6. The van der Waals surface area contributed by atoms with E-state index in [1.165, 1.54) is 6.20 Å². The zero-order chi connectivity index (χ0) is 19.1. The molecule has 1 aliphatic heterocycles. The minimum absolute atomic E-state index is 0.0547. The standard InChI is InChI=1S/C20H19N5O3/c26-18-14(11-21-16(22-18)13-8-9-13)20(27)25-10-4-7-15(25)19-23-17(24-28-19)12-5-2-1-3-6-12/h1-3,5-6,11,13,15H,4,7-10H2,(H,21,22,26)/t15-/m0/s1. The molecule has 5 rings (SSSR count). The van der Waals surface area contributed by atoms with Crippen molar-refractivity contribution in [2.75, 3.05) is 6.54 Å². The summed E-state index contributed by atoms with van der Waals surface area (Å²) in [6.45, 7) is 0.538. The van der Waals surface area contributed by atoms with Crippen LogP contribution in [0.3, 0.4) is 0 Å². The van der Waals surface area contributed by atoms with Crippen molar-refractivity contribution in [2.45, 2.75) is 37.6 Å². The van der Waals surface area contributed by atoms with Crippen LogP contribution in [0.5, 0.6) is 0 Å². The van der Waals surface area contributed by atoms with Gasteiger partial charge in [0.25, 0.3) is 11.5 Å². The SMILES string of the molecule is O=C(c1cnc(C2CC2)[nH]c1=O)N1CCC[C@H]1c1nc(-c2ccccc2)no1. The van der Waals surface area contributed by atoms with Gasteiger partial charge in [-0.05, 0) is 25.7 Å². The van der Waals surface area contributed by atoms with Crippen LogP contribution in [0.25, 0.3) is 11.4 Å². The molecule has 2 fully saturated rings. The number of aromatic nitrogens is 4. The number of carbonyl (C=O) groups is 1. The van der Waals surface area contributed by atoms with E-state index in [2.05, 4.69) is 20.1 Å². The number of rotatable bonds is 4. The third-order valence-electron chi connectivity index (χ3n) is 5.29. The second kappa shape index (κ2) is 6.70. The second-order valence-electron chi connectivity index (χ2n) is 7.26. The molecule has 3 heterocycles. The second-order valence-corrected chi connectivity index (χ2v) is 7.26. The van der Waals surface area contributed by atoms with Crippen molar-refractivity contribution in [1.82, 2.24) is 25.0 Å². The zero-order valence-electron chi connectivity index (χ0n) is 15.2. The molecular weight excluding hydrogens is 358 g/mol. The summed E-state index contributed by atoms with van der Waals surface area (Å²) in [5.41, 5.74) is 0.520. The summed E-state index contributed by atoms with van der Waals surface area (Å²) in [7, 11) is 0. The molecule has 2 aliphatic rings. The molecule has 0 spiro atoms. The van der Waals surface area contributed by atoms with Crippen molar-refractivity contribution >= 4 is 5.91 Å². The van der Waals surface area contributed by atoms with Gasteiger partial charge in [0.05, 0.1) is 0 Å². The number of carbonyl (C=O) groups excluding carboxylic acids is 1. The molecule has 0 unspecified atom stereocenters. The molecule has 1 N–H and O–H groups in total. The third-order valence-corrected chi connectivity index (χ3v) is 5.29. The molecule has 8 nitrogen and oxygen atoms in total. The molecule has 2 aromatic heterocycles. The van der Waals surface area contributed by atoms with Gasteiger partial charge in [0.15, 0.2) is 0 Å². The Hall–Kier alpha value is -3.29. The van der Waals surface area contributed by atoms with Gasteiger partial charge >= 0.3 is 0 Å². The molecule has 142 valence electrons. The average molecular weight is 377 g/mol. The molecule has 1 atom stereocenters. The van der Waals surface area contributed by atoms with Gasteiger partial charge in [-0.2, -0.15) is 4.98 Å². The number of benzene rings is 1. The summed E-state index contributed by atoms with van der Waals surface area (Å²) in [6.07, 6.45) is 4.99. The van der Waals surface area contributed by atoms with Crippen molar-refractivity contribution in [3.63, 3.8) is 0 Å². The third kappa shape index (κ3) is 3.00. The molecule has 0 radical (unpaired) electrons. The van der Waals surface area contributed by atoms with Crippen LogP contribution in [0, 0.1) is 0 Å². The number of amides is 1. The molecule has 1 saturated heterocycles. The number of H-pyrrole nitrogens is 1. The van der Waals surface area contributed by atoms with Crippen LogP contribution in [-0.2, 0) is 0 Å². The first-order chi connectivity index (χ1) is 13.7. The number of nitrogens with one attached hydrogen (secondary N) is 1. The predicted molar refractivity (Wildman–Crippen MR) is 99.6 cm³/mol. The molecule has 3 aromatic rings. The molecule has 1 aromatic carbocycles. The lowest BCUT2D eigenvalue weighted by atomic mass is 10.2. The Balaban J connectivity index is 1.40. The van der Waals surface area contributed by atoms with Crippen LogP contribution in [0.15, 0.2) is 45.8 Å². The van der Waals surface area contributed by atoms with Crippen LogP contribution in [0.1, 0.15) is 59.7 Å². The van der Waals surface area contributed by atoms with E-state index >= 15 is 0 Å². The number of likely N-dealkylation sites (tertiary alicyclic amines) is 1. The monoisotopic (exact) mass is 377 g/mol. The van der Waals surface area contributed by atoms with E-state index in [1.54, 1.807) is 4.90 Å². The normalized spacial score (nSPS) is 19.1. The first-order valence-corrected chi connectivity index (χ1v) is 9.50. The first kappa shape index (κ1) is 16.9. The number of nitrogens with zero attached hydrogens (tertiary/aromatic N) is 4. The van der Waals surface area contributed by atoms with Crippen molar-refractivity contribution < 1.29 is 9.32 Å². The highest BCUT2D eigenvalue weighted by atomic mass is 16.5. The van der Waals surface area contributed by atoms with Gasteiger partial charge in [-0.15, -0.1) is 0 Å². The van der Waals surface area contributed by atoms with E-state index in [1.807, 2.05) is 30.3 Å². The maximum atomic E-state index is 13.0. The minimum atomic E-state index is -0.386. The molecule has 0 bridgehead atoms. The Labute approximate surface area is 160 Å². The van der Waals surface area contributed by atoms with Crippen LogP contribution in [0.4, 0.5) is 0 Å². The molecule has 8 heteroatoms. The number of aromatic amines is 1. The van der Waals surface area contributed by atoms with E-state index in [9.17, 15) is 9.59 Å². The van der Waals surface area contributed by atoms with Crippen LogP contribution < -0.4 is 5.56 Å². The van der Waals surface area contributed by atoms with Gasteiger partial charge in [0.1, 0.15) is 17.4 Å². The summed E-state index contributed by atoms with van der Waals surface area (Å²) in [5, 5.41) is 4.05. The highest BCUT2D eigenvalue weighted by molar-refractivity contribution is 5.94. The summed E-state index contributed by atoms with van der Waals surface area (Å²) in [6, 6.07) is 9.20. The van der Waals surface area contributed by atoms with Crippen molar-refractivity contribution in [3.05, 3.63) is 64.2 Å². The van der Waals surface area contributed by atoms with E-state index in [4.69, 9.17) is 4.52 Å². The predicted octanol–water partition coefficient (Wildman–Crippen LogP) is 2.67. The average Bonchev–Trinajstić information content (AvgIpc) is 3.25. The Morgan fingerprint density at radius 3 is 2.75 bits per heavy atom. The Morgan fingerprint density at radius 1 is 1.18 bits per heavy atom. The Morgan fingerprint density at radius 2 is 2.00 bits per heavy atom. The molecular formula is C20H19N5O3. The van der Waals surface area contributed by atoms with E-state index in [-0.39, 0.29) is 23.1 Å². The smallest absolute Gasteiger partial charge is 0.263 e. The van der Waals surface area contributed by atoms with Gasteiger partial charge in [-0.3, -0.25) is 9.59 Å². The van der Waals surface area contributed by atoms with E-state index in [0.717, 1.165) is 24.8 Å². The molecule has 1 amide bonds. The number of hydrogen-bond donors (Lipinski definition) is 1. The molecule has 1 aliphatic carbocycles. The summed E-state index contributed by atoms with van der Waals surface area (Å²) >= 11 is 0. The first-order valence-electron chi connectivity index (χ1n) is 9.50.